The molecule has 52 heavy (non-hydrogen) atoms. The van der Waals surface area contributed by atoms with Crippen LogP contribution in [0.5, 0.6) is 0 Å². The van der Waals surface area contributed by atoms with Gasteiger partial charge in [-0.3, -0.25) is 4.57 Å². The minimum Gasteiger partial charge on any atom is -0.456 e. The number of benzene rings is 8. The number of nitrogens with two attached hydrogens (primary N) is 1. The summed E-state index contributed by atoms with van der Waals surface area (Å²) in [5.74, 6) is 0.929. The third kappa shape index (κ3) is 4.65. The van der Waals surface area contributed by atoms with E-state index in [9.17, 15) is 0 Å². The zero-order chi connectivity index (χ0) is 34.8. The summed E-state index contributed by atoms with van der Waals surface area (Å²) < 4.78 is 8.56. The molecule has 0 unspecified atom stereocenters. The number of nitrogens with zero attached hydrogens (tertiary/aromatic N) is 2. The van der Waals surface area contributed by atoms with Crippen LogP contribution in [0.4, 0.5) is 5.69 Å². The largest absolute Gasteiger partial charge is 0.456 e. The second-order valence-electron chi connectivity index (χ2n) is 13.3. The van der Waals surface area contributed by atoms with Crippen LogP contribution in [0.25, 0.3) is 99.9 Å². The lowest BCUT2D eigenvalue weighted by atomic mass is 9.85. The number of aromatic nitrogens is 2. The SMILES string of the molecule is C/C=C\c1cc2c(cc1N)oc1ccc(-c3c4ccccc4c(-c4ccc(-n5c(-c6ccccc6)nc6ccccc65)cc4)c4ccccc34)cc12. The van der Waals surface area contributed by atoms with Crippen LogP contribution in [0.3, 0.4) is 0 Å². The topological polar surface area (TPSA) is 57.0 Å². The van der Waals surface area contributed by atoms with Crippen molar-refractivity contribution in [2.45, 2.75) is 6.92 Å². The first-order valence-corrected chi connectivity index (χ1v) is 17.6. The average molecular weight is 668 g/mol. The van der Waals surface area contributed by atoms with E-state index in [4.69, 9.17) is 15.1 Å². The van der Waals surface area contributed by atoms with Gasteiger partial charge in [-0.05, 0) is 98.8 Å². The van der Waals surface area contributed by atoms with Gasteiger partial charge in [0.05, 0.1) is 11.0 Å². The van der Waals surface area contributed by atoms with Gasteiger partial charge in [-0.2, -0.15) is 0 Å². The van der Waals surface area contributed by atoms with Crippen molar-refractivity contribution < 1.29 is 4.42 Å². The van der Waals surface area contributed by atoms with Crippen LogP contribution in [0.2, 0.25) is 0 Å². The highest BCUT2D eigenvalue weighted by molar-refractivity contribution is 6.22. The van der Waals surface area contributed by atoms with Gasteiger partial charge in [-0.25, -0.2) is 4.98 Å². The lowest BCUT2D eigenvalue weighted by Gasteiger charge is -2.18. The fraction of sp³-hybridized carbons (Fsp3) is 0.0208. The van der Waals surface area contributed by atoms with E-state index in [-0.39, 0.29) is 0 Å². The molecule has 0 aliphatic heterocycles. The van der Waals surface area contributed by atoms with Gasteiger partial charge in [0.15, 0.2) is 0 Å². The van der Waals surface area contributed by atoms with Crippen LogP contribution in [0.1, 0.15) is 12.5 Å². The van der Waals surface area contributed by atoms with Crippen molar-refractivity contribution in [2.24, 2.45) is 0 Å². The first-order chi connectivity index (χ1) is 25.7. The summed E-state index contributed by atoms with van der Waals surface area (Å²) in [6.07, 6.45) is 4.06. The number of furan rings is 1. The van der Waals surface area contributed by atoms with Crippen LogP contribution in [-0.4, -0.2) is 9.55 Å². The molecule has 0 saturated carbocycles. The lowest BCUT2D eigenvalue weighted by molar-refractivity contribution is 0.669. The summed E-state index contributed by atoms with van der Waals surface area (Å²) in [6, 6.07) is 55.9. The third-order valence-electron chi connectivity index (χ3n) is 10.2. The van der Waals surface area contributed by atoms with E-state index in [0.29, 0.717) is 5.69 Å². The summed E-state index contributed by atoms with van der Waals surface area (Å²) in [7, 11) is 0. The van der Waals surface area contributed by atoms with E-state index in [1.165, 1.54) is 38.2 Å². The van der Waals surface area contributed by atoms with Crippen molar-refractivity contribution in [1.29, 1.82) is 0 Å². The molecule has 0 atom stereocenters. The number of rotatable bonds is 5. The number of fused-ring (bicyclic) bond motifs is 6. The van der Waals surface area contributed by atoms with Crippen LogP contribution < -0.4 is 5.73 Å². The van der Waals surface area contributed by atoms with Gasteiger partial charge < -0.3 is 10.2 Å². The first-order valence-electron chi connectivity index (χ1n) is 17.6. The number of hydrogen-bond donors (Lipinski definition) is 1. The minimum atomic E-state index is 0.709. The van der Waals surface area contributed by atoms with Crippen molar-refractivity contribution in [2.75, 3.05) is 5.73 Å². The van der Waals surface area contributed by atoms with Crippen molar-refractivity contribution in [3.8, 4) is 39.3 Å². The minimum absolute atomic E-state index is 0.709. The van der Waals surface area contributed by atoms with Crippen molar-refractivity contribution in [3.05, 3.63) is 169 Å². The highest BCUT2D eigenvalue weighted by atomic mass is 16.3. The van der Waals surface area contributed by atoms with Crippen molar-refractivity contribution in [3.63, 3.8) is 0 Å². The lowest BCUT2D eigenvalue weighted by Crippen LogP contribution is -1.97. The van der Waals surface area contributed by atoms with E-state index < -0.39 is 0 Å². The summed E-state index contributed by atoms with van der Waals surface area (Å²) >= 11 is 0. The predicted molar refractivity (Wildman–Crippen MR) is 219 cm³/mol. The number of hydrogen-bond acceptors (Lipinski definition) is 3. The fourth-order valence-electron chi connectivity index (χ4n) is 7.93. The Morgan fingerprint density at radius 3 is 1.83 bits per heavy atom. The molecule has 4 heteroatoms. The quantitative estimate of drug-likeness (QED) is 0.147. The maximum atomic E-state index is 6.37. The Bertz CT molecular complexity index is 2960. The van der Waals surface area contributed by atoms with E-state index >= 15 is 0 Å². The number of nitrogen functional groups attached to an aromatic ring is 1. The second-order valence-corrected chi connectivity index (χ2v) is 13.3. The van der Waals surface area contributed by atoms with E-state index in [2.05, 4.69) is 144 Å². The molecule has 8 aromatic carbocycles. The zero-order valence-corrected chi connectivity index (χ0v) is 28.5. The second kappa shape index (κ2) is 11.9. The highest BCUT2D eigenvalue weighted by Gasteiger charge is 2.19. The maximum Gasteiger partial charge on any atom is 0.145 e. The standard InChI is InChI=1S/C48H33N3O/c1-2-12-32-27-40-39-28-33(23-26-44(39)52-45(40)29-41(32)49)47-37-17-8-6-15-35(37)46(36-16-7-9-18-38(36)47)30-21-24-34(25-22-30)51-43-20-11-10-19-42(43)50-48(51)31-13-4-3-5-14-31/h2-29H,49H2,1H3/b12-2-. The van der Waals surface area contributed by atoms with Gasteiger partial charge >= 0.3 is 0 Å². The predicted octanol–water partition coefficient (Wildman–Crippen LogP) is 12.8. The van der Waals surface area contributed by atoms with Crippen molar-refractivity contribution >= 4 is 66.3 Å². The zero-order valence-electron chi connectivity index (χ0n) is 28.5. The van der Waals surface area contributed by atoms with Gasteiger partial charge in [0.2, 0.25) is 0 Å². The Morgan fingerprint density at radius 2 is 1.13 bits per heavy atom. The molecule has 246 valence electrons. The first kappa shape index (κ1) is 30.0. The monoisotopic (exact) mass is 667 g/mol. The Morgan fingerprint density at radius 1 is 0.538 bits per heavy atom. The molecule has 10 aromatic rings. The molecule has 0 aliphatic carbocycles. The van der Waals surface area contributed by atoms with Gasteiger partial charge in [0.25, 0.3) is 0 Å². The Labute approximate surface area is 300 Å². The van der Waals surface area contributed by atoms with Crippen LogP contribution in [0.15, 0.2) is 168 Å². The summed E-state index contributed by atoms with van der Waals surface area (Å²) in [5.41, 5.74) is 18.7. The fourth-order valence-corrected chi connectivity index (χ4v) is 7.93. The average Bonchev–Trinajstić information content (AvgIpc) is 3.75. The molecule has 0 saturated heterocycles. The number of para-hydroxylation sites is 2. The third-order valence-corrected chi connectivity index (χ3v) is 10.2. The van der Waals surface area contributed by atoms with Crippen molar-refractivity contribution in [1.82, 2.24) is 9.55 Å². The number of imidazole rings is 1. The van der Waals surface area contributed by atoms with Crippen LogP contribution in [0, 0.1) is 0 Å². The number of allylic oxidation sites excluding steroid dienone is 1. The molecule has 0 amide bonds. The van der Waals surface area contributed by atoms with Gasteiger partial charge in [-0.1, -0.05) is 121 Å². The maximum absolute atomic E-state index is 6.37. The van der Waals surface area contributed by atoms with Crippen LogP contribution >= 0.6 is 0 Å². The van der Waals surface area contributed by atoms with E-state index in [0.717, 1.165) is 61.2 Å². The summed E-state index contributed by atoms with van der Waals surface area (Å²) in [6.45, 7) is 2.01. The molecule has 0 fully saturated rings. The molecule has 2 N–H and O–H groups in total. The van der Waals surface area contributed by atoms with E-state index in [1.807, 2.05) is 37.3 Å². The molecule has 0 bridgehead atoms. The molecule has 0 spiro atoms. The molecule has 2 aromatic heterocycles. The summed E-state index contributed by atoms with van der Waals surface area (Å²) in [5, 5.41) is 6.97. The molecule has 0 aliphatic rings. The van der Waals surface area contributed by atoms with Gasteiger partial charge in [-0.15, -0.1) is 0 Å². The molecule has 2 heterocycles. The highest BCUT2D eigenvalue weighted by Crippen LogP contribution is 2.45. The Balaban J connectivity index is 1.17. The molecule has 10 rings (SSSR count). The van der Waals surface area contributed by atoms with Gasteiger partial charge in [0.1, 0.15) is 17.0 Å². The number of anilines is 1. The molecule has 0 radical (unpaired) electrons. The molecular weight excluding hydrogens is 635 g/mol. The molecular formula is C48H33N3O. The van der Waals surface area contributed by atoms with Crippen LogP contribution in [-0.2, 0) is 0 Å². The van der Waals surface area contributed by atoms with Gasteiger partial charge in [0, 0.05) is 33.8 Å². The molecule has 4 nitrogen and oxygen atoms in total. The summed E-state index contributed by atoms with van der Waals surface area (Å²) in [4.78, 5) is 5.06. The normalized spacial score (nSPS) is 11.9. The van der Waals surface area contributed by atoms with E-state index in [1.54, 1.807) is 0 Å². The Hall–Kier alpha value is -6.91. The smallest absolute Gasteiger partial charge is 0.145 e. The Kier molecular flexibility index (Phi) is 6.83.